The van der Waals surface area contributed by atoms with Gasteiger partial charge in [-0.15, -0.1) is 0 Å². The molecular weight excluding hydrogens is 418 g/mol. The van der Waals surface area contributed by atoms with Gasteiger partial charge < -0.3 is 14.7 Å². The lowest BCUT2D eigenvalue weighted by atomic mass is 9.98. The number of nitrogens with zero attached hydrogens (tertiary/aromatic N) is 1. The number of amides is 1. The Labute approximate surface area is 169 Å². The maximum Gasteiger partial charge on any atom is 0.410 e. The summed E-state index contributed by atoms with van der Waals surface area (Å²) >= 11 is 4.51. The van der Waals surface area contributed by atoms with Gasteiger partial charge in [-0.1, -0.05) is 46.3 Å². The van der Waals surface area contributed by atoms with Crippen LogP contribution in [0.2, 0.25) is 0 Å². The fourth-order valence-corrected chi connectivity index (χ4v) is 4.34. The van der Waals surface area contributed by atoms with Crippen molar-refractivity contribution in [3.8, 4) is 0 Å². The lowest BCUT2D eigenvalue weighted by Crippen LogP contribution is -2.40. The van der Waals surface area contributed by atoms with E-state index in [2.05, 4.69) is 15.9 Å². The zero-order chi connectivity index (χ0) is 20.1. The molecule has 1 N–H and O–H groups in total. The normalized spacial score (nSPS) is 22.3. The van der Waals surface area contributed by atoms with Crippen molar-refractivity contribution < 1.29 is 19.4 Å². The van der Waals surface area contributed by atoms with Gasteiger partial charge in [0.05, 0.1) is 16.8 Å². The number of alkyl halides is 1. The molecule has 1 fully saturated rings. The van der Waals surface area contributed by atoms with Crippen molar-refractivity contribution in [1.29, 1.82) is 0 Å². The maximum absolute atomic E-state index is 12.3. The zero-order valence-corrected chi connectivity index (χ0v) is 18.9. The first-order valence-electron chi connectivity index (χ1n) is 8.81. The second-order valence-corrected chi connectivity index (χ2v) is 9.07. The largest absolute Gasteiger partial charge is 0.444 e. The van der Waals surface area contributed by atoms with E-state index in [-0.39, 0.29) is 17.7 Å². The fraction of sp³-hybridized carbons (Fsp3) is 0.684. The first kappa shape index (κ1) is 23.2. The lowest BCUT2D eigenvalue weighted by Gasteiger charge is -2.29. The number of β-amino-alcohol motifs (C(OH)–C–C–N with tert-alkyl or cyclic N) is 1. The molecular formula is C19H30BrNO4S. The van der Waals surface area contributed by atoms with E-state index in [1.807, 2.05) is 41.5 Å². The first-order chi connectivity index (χ1) is 12.0. The molecule has 1 unspecified atom stereocenters. The van der Waals surface area contributed by atoms with Crippen LogP contribution in [-0.4, -0.2) is 51.5 Å². The molecule has 5 nitrogen and oxygen atoms in total. The van der Waals surface area contributed by atoms with E-state index in [1.165, 1.54) is 16.7 Å². The fourth-order valence-electron chi connectivity index (χ4n) is 2.65. The molecule has 7 heteroatoms. The van der Waals surface area contributed by atoms with E-state index < -0.39 is 17.3 Å². The van der Waals surface area contributed by atoms with Crippen molar-refractivity contribution in [2.45, 2.75) is 65.6 Å². The van der Waals surface area contributed by atoms with Crippen molar-refractivity contribution in [1.82, 2.24) is 4.90 Å². The SMILES string of the molecule is C/C=C(\SC(=C(C)CC)C1(O)CCN(C(=O)OC(C)(C)C)C1)C(=O)CBr. The van der Waals surface area contributed by atoms with Crippen LogP contribution in [0, 0.1) is 0 Å². The highest BCUT2D eigenvalue weighted by molar-refractivity contribution is 9.09. The maximum atomic E-state index is 12.3. The second-order valence-electron chi connectivity index (χ2n) is 7.46. The number of ketones is 1. The summed E-state index contributed by atoms with van der Waals surface area (Å²) in [6.07, 6.45) is 2.53. The third-order valence-corrected chi connectivity index (χ3v) is 6.24. The molecule has 1 aliphatic rings. The number of carbonyl (C=O) groups is 2. The first-order valence-corrected chi connectivity index (χ1v) is 10.7. The summed E-state index contributed by atoms with van der Waals surface area (Å²) in [5, 5.41) is 11.5. The molecule has 0 saturated carbocycles. The Bertz CT molecular complexity index is 609. The number of carbonyl (C=O) groups excluding carboxylic acids is 2. The highest BCUT2D eigenvalue weighted by Gasteiger charge is 2.43. The minimum Gasteiger partial charge on any atom is -0.444 e. The molecule has 0 spiro atoms. The van der Waals surface area contributed by atoms with Crippen LogP contribution in [0.1, 0.15) is 54.4 Å². The molecule has 0 aromatic heterocycles. The number of ether oxygens (including phenoxy) is 1. The van der Waals surface area contributed by atoms with Crippen molar-refractivity contribution in [2.24, 2.45) is 0 Å². The Hall–Kier alpha value is -0.790. The van der Waals surface area contributed by atoms with Gasteiger partial charge in [-0.3, -0.25) is 4.79 Å². The quantitative estimate of drug-likeness (QED) is 0.474. The number of thioether (sulfide) groups is 1. The Morgan fingerprint density at radius 2 is 2.00 bits per heavy atom. The number of aliphatic hydroxyl groups is 1. The number of halogens is 1. The summed E-state index contributed by atoms with van der Waals surface area (Å²) in [7, 11) is 0. The molecule has 1 heterocycles. The van der Waals surface area contributed by atoms with E-state index >= 15 is 0 Å². The van der Waals surface area contributed by atoms with E-state index in [0.717, 1.165) is 16.9 Å². The van der Waals surface area contributed by atoms with Gasteiger partial charge in [0, 0.05) is 17.9 Å². The average molecular weight is 448 g/mol. The Balaban J connectivity index is 3.06. The monoisotopic (exact) mass is 447 g/mol. The predicted molar refractivity (Wildman–Crippen MR) is 111 cm³/mol. The van der Waals surface area contributed by atoms with Crippen molar-refractivity contribution in [3.05, 3.63) is 21.5 Å². The van der Waals surface area contributed by atoms with Crippen LogP contribution >= 0.6 is 27.7 Å². The Morgan fingerprint density at radius 1 is 1.38 bits per heavy atom. The molecule has 1 rings (SSSR count). The number of likely N-dealkylation sites (tertiary alicyclic amines) is 1. The summed E-state index contributed by atoms with van der Waals surface area (Å²) in [6.45, 7) is 11.8. The van der Waals surface area contributed by atoms with Gasteiger partial charge in [0.1, 0.15) is 11.2 Å². The van der Waals surface area contributed by atoms with E-state index in [1.54, 1.807) is 6.08 Å². The smallest absolute Gasteiger partial charge is 0.410 e. The lowest BCUT2D eigenvalue weighted by molar-refractivity contribution is -0.112. The molecule has 1 saturated heterocycles. The van der Waals surface area contributed by atoms with Crippen LogP contribution in [0.4, 0.5) is 4.79 Å². The summed E-state index contributed by atoms with van der Waals surface area (Å²) in [6, 6.07) is 0. The molecule has 0 bridgehead atoms. The number of hydrogen-bond acceptors (Lipinski definition) is 5. The average Bonchev–Trinajstić information content (AvgIpc) is 2.96. The minimum atomic E-state index is -1.16. The number of allylic oxidation sites excluding steroid dienone is 3. The third-order valence-electron chi connectivity index (χ3n) is 4.11. The van der Waals surface area contributed by atoms with Crippen LogP contribution in [0.5, 0.6) is 0 Å². The molecule has 0 aromatic carbocycles. The molecule has 26 heavy (non-hydrogen) atoms. The summed E-state index contributed by atoms with van der Waals surface area (Å²) < 4.78 is 5.42. The van der Waals surface area contributed by atoms with Gasteiger partial charge in [0.25, 0.3) is 0 Å². The van der Waals surface area contributed by atoms with Gasteiger partial charge in [-0.2, -0.15) is 0 Å². The molecule has 1 aliphatic heterocycles. The van der Waals surface area contributed by atoms with Gasteiger partial charge in [-0.25, -0.2) is 4.79 Å². The highest BCUT2D eigenvalue weighted by Crippen LogP contribution is 2.42. The van der Waals surface area contributed by atoms with Crippen LogP contribution < -0.4 is 0 Å². The van der Waals surface area contributed by atoms with Crippen LogP contribution in [0.25, 0.3) is 0 Å². The molecule has 148 valence electrons. The highest BCUT2D eigenvalue weighted by atomic mass is 79.9. The van der Waals surface area contributed by atoms with Crippen molar-refractivity contribution >= 4 is 39.6 Å². The Morgan fingerprint density at radius 3 is 2.46 bits per heavy atom. The van der Waals surface area contributed by atoms with Crippen molar-refractivity contribution in [3.63, 3.8) is 0 Å². The van der Waals surface area contributed by atoms with E-state index in [4.69, 9.17) is 4.74 Å². The van der Waals surface area contributed by atoms with Gasteiger partial charge in [0.2, 0.25) is 0 Å². The Kier molecular flexibility index (Phi) is 8.42. The molecule has 0 aliphatic carbocycles. The summed E-state index contributed by atoms with van der Waals surface area (Å²) in [5.41, 5.74) is -0.724. The predicted octanol–water partition coefficient (Wildman–Crippen LogP) is 4.64. The second kappa shape index (κ2) is 9.42. The van der Waals surface area contributed by atoms with Crippen LogP contribution in [0.15, 0.2) is 21.5 Å². The standard InChI is InChI=1S/C19H30BrNO4S/c1-7-13(3)16(26-15(8-2)14(22)11-20)19(24)9-10-21(12-19)17(23)25-18(4,5)6/h8,24H,7,9-12H2,1-6H3/b15-8-,16-13?. The van der Waals surface area contributed by atoms with E-state index in [0.29, 0.717) is 17.9 Å². The van der Waals surface area contributed by atoms with Crippen LogP contribution in [-0.2, 0) is 9.53 Å². The molecule has 0 aromatic rings. The van der Waals surface area contributed by atoms with E-state index in [9.17, 15) is 14.7 Å². The topological polar surface area (TPSA) is 66.8 Å². The third kappa shape index (κ3) is 6.13. The van der Waals surface area contributed by atoms with Crippen LogP contribution in [0.3, 0.4) is 0 Å². The minimum absolute atomic E-state index is 0.0236. The number of Topliss-reactive ketones (excluding diaryl/α,β-unsaturated/α-hetero) is 1. The molecule has 1 atom stereocenters. The number of hydrogen-bond donors (Lipinski definition) is 1. The molecule has 1 amide bonds. The van der Waals surface area contributed by atoms with Gasteiger partial charge >= 0.3 is 6.09 Å². The van der Waals surface area contributed by atoms with Crippen molar-refractivity contribution in [2.75, 3.05) is 18.4 Å². The summed E-state index contributed by atoms with van der Waals surface area (Å²) in [5.74, 6) is -0.0236. The summed E-state index contributed by atoms with van der Waals surface area (Å²) in [4.78, 5) is 27.3. The van der Waals surface area contributed by atoms with Gasteiger partial charge in [-0.05, 0) is 41.0 Å². The molecule has 0 radical (unpaired) electrons. The zero-order valence-electron chi connectivity index (χ0n) is 16.5. The van der Waals surface area contributed by atoms with Gasteiger partial charge in [0.15, 0.2) is 5.78 Å². The number of rotatable bonds is 6.